The Morgan fingerprint density at radius 1 is 0.833 bits per heavy atom. The molecule has 18 heavy (non-hydrogen) atoms. The summed E-state index contributed by atoms with van der Waals surface area (Å²) in [4.78, 5) is 0. The molecule has 1 heterocycles. The standard InChI is InChI=1S/C16H14N2/c1-13-10-11-18(17-13)16-9-5-8-15(12-16)14-6-3-2-4-7-14/h2-12H,1H3. The van der Waals surface area contributed by atoms with Gasteiger partial charge in [-0.05, 0) is 36.2 Å². The van der Waals surface area contributed by atoms with E-state index in [2.05, 4.69) is 53.6 Å². The molecule has 0 aliphatic heterocycles. The lowest BCUT2D eigenvalue weighted by molar-refractivity contribution is 0.863. The van der Waals surface area contributed by atoms with Crippen molar-refractivity contribution in [1.29, 1.82) is 0 Å². The molecule has 0 aliphatic carbocycles. The van der Waals surface area contributed by atoms with Gasteiger partial charge in [-0.15, -0.1) is 0 Å². The average Bonchev–Trinajstić information content (AvgIpc) is 2.87. The van der Waals surface area contributed by atoms with Crippen molar-refractivity contribution in [3.8, 4) is 16.8 Å². The molecule has 0 atom stereocenters. The molecule has 0 saturated carbocycles. The van der Waals surface area contributed by atoms with Gasteiger partial charge in [-0.25, -0.2) is 4.68 Å². The summed E-state index contributed by atoms with van der Waals surface area (Å²) in [5.41, 5.74) is 4.55. The zero-order valence-electron chi connectivity index (χ0n) is 10.2. The zero-order chi connectivity index (χ0) is 12.4. The lowest BCUT2D eigenvalue weighted by Crippen LogP contribution is -1.95. The molecular formula is C16H14N2. The first-order valence-corrected chi connectivity index (χ1v) is 6.01. The first-order chi connectivity index (χ1) is 8.83. The van der Waals surface area contributed by atoms with E-state index in [0.29, 0.717) is 0 Å². The smallest absolute Gasteiger partial charge is 0.0651 e. The van der Waals surface area contributed by atoms with Gasteiger partial charge in [-0.2, -0.15) is 5.10 Å². The number of rotatable bonds is 2. The number of hydrogen-bond acceptors (Lipinski definition) is 1. The Kier molecular flexibility index (Phi) is 2.69. The van der Waals surface area contributed by atoms with Crippen LogP contribution in [0.5, 0.6) is 0 Å². The van der Waals surface area contributed by atoms with Crippen molar-refractivity contribution in [3.05, 3.63) is 72.6 Å². The maximum atomic E-state index is 4.43. The first-order valence-electron chi connectivity index (χ1n) is 6.01. The van der Waals surface area contributed by atoms with Gasteiger partial charge < -0.3 is 0 Å². The molecule has 88 valence electrons. The highest BCUT2D eigenvalue weighted by Crippen LogP contribution is 2.21. The third kappa shape index (κ3) is 2.05. The minimum atomic E-state index is 1.03. The number of nitrogens with zero attached hydrogens (tertiary/aromatic N) is 2. The molecule has 0 unspecified atom stereocenters. The summed E-state index contributed by atoms with van der Waals surface area (Å²) in [6.45, 7) is 2.00. The minimum Gasteiger partial charge on any atom is -0.241 e. The average molecular weight is 234 g/mol. The predicted octanol–water partition coefficient (Wildman–Crippen LogP) is 3.85. The van der Waals surface area contributed by atoms with Crippen LogP contribution in [-0.2, 0) is 0 Å². The van der Waals surface area contributed by atoms with Gasteiger partial charge in [0.25, 0.3) is 0 Å². The van der Waals surface area contributed by atoms with Crippen LogP contribution in [0.4, 0.5) is 0 Å². The summed E-state index contributed by atoms with van der Waals surface area (Å²) in [6, 6.07) is 20.8. The van der Waals surface area contributed by atoms with Crippen LogP contribution in [0, 0.1) is 6.92 Å². The van der Waals surface area contributed by atoms with E-state index in [1.54, 1.807) is 0 Å². The molecule has 0 fully saturated rings. The fraction of sp³-hybridized carbons (Fsp3) is 0.0625. The van der Waals surface area contributed by atoms with Gasteiger partial charge in [0.2, 0.25) is 0 Å². The van der Waals surface area contributed by atoms with Crippen LogP contribution < -0.4 is 0 Å². The Morgan fingerprint density at radius 2 is 1.61 bits per heavy atom. The van der Waals surface area contributed by atoms with Crippen LogP contribution >= 0.6 is 0 Å². The highest BCUT2D eigenvalue weighted by Gasteiger charge is 2.01. The first kappa shape index (κ1) is 10.8. The van der Waals surface area contributed by atoms with E-state index < -0.39 is 0 Å². The van der Waals surface area contributed by atoms with Crippen LogP contribution in [0.25, 0.3) is 16.8 Å². The highest BCUT2D eigenvalue weighted by molar-refractivity contribution is 5.65. The molecule has 0 radical (unpaired) electrons. The lowest BCUT2D eigenvalue weighted by atomic mass is 10.1. The molecule has 1 aromatic heterocycles. The van der Waals surface area contributed by atoms with Crippen LogP contribution in [-0.4, -0.2) is 9.78 Å². The van der Waals surface area contributed by atoms with Crippen LogP contribution in [0.1, 0.15) is 5.69 Å². The van der Waals surface area contributed by atoms with Crippen LogP contribution in [0.3, 0.4) is 0 Å². The van der Waals surface area contributed by atoms with Crippen molar-refractivity contribution in [3.63, 3.8) is 0 Å². The zero-order valence-corrected chi connectivity index (χ0v) is 10.2. The van der Waals surface area contributed by atoms with Gasteiger partial charge >= 0.3 is 0 Å². The molecule has 3 rings (SSSR count). The van der Waals surface area contributed by atoms with Gasteiger partial charge in [0.05, 0.1) is 11.4 Å². The summed E-state index contributed by atoms with van der Waals surface area (Å²) in [5.74, 6) is 0. The molecular weight excluding hydrogens is 220 g/mol. The van der Waals surface area contributed by atoms with Gasteiger partial charge in [-0.1, -0.05) is 42.5 Å². The molecule has 0 aliphatic rings. The predicted molar refractivity (Wildman–Crippen MR) is 73.7 cm³/mol. The van der Waals surface area contributed by atoms with Gasteiger partial charge in [0.1, 0.15) is 0 Å². The lowest BCUT2D eigenvalue weighted by Gasteiger charge is -2.05. The van der Waals surface area contributed by atoms with E-state index in [0.717, 1.165) is 11.4 Å². The Bertz CT molecular complexity index is 654. The second-order valence-electron chi connectivity index (χ2n) is 4.32. The van der Waals surface area contributed by atoms with Crippen molar-refractivity contribution in [2.75, 3.05) is 0 Å². The van der Waals surface area contributed by atoms with E-state index in [1.807, 2.05) is 29.9 Å². The van der Waals surface area contributed by atoms with Crippen molar-refractivity contribution < 1.29 is 0 Å². The normalized spacial score (nSPS) is 10.5. The minimum absolute atomic E-state index is 1.03. The van der Waals surface area contributed by atoms with Crippen molar-refractivity contribution in [2.45, 2.75) is 6.92 Å². The quantitative estimate of drug-likeness (QED) is 0.658. The molecule has 0 bridgehead atoms. The fourth-order valence-corrected chi connectivity index (χ4v) is 2.02. The molecule has 2 nitrogen and oxygen atoms in total. The highest BCUT2D eigenvalue weighted by atomic mass is 15.3. The Labute approximate surface area is 107 Å². The Morgan fingerprint density at radius 3 is 2.33 bits per heavy atom. The summed E-state index contributed by atoms with van der Waals surface area (Å²) in [5, 5.41) is 4.43. The van der Waals surface area contributed by atoms with Crippen LogP contribution in [0.15, 0.2) is 66.9 Å². The monoisotopic (exact) mass is 234 g/mol. The van der Waals surface area contributed by atoms with E-state index in [9.17, 15) is 0 Å². The van der Waals surface area contributed by atoms with Gasteiger partial charge in [-0.3, -0.25) is 0 Å². The van der Waals surface area contributed by atoms with E-state index in [-0.39, 0.29) is 0 Å². The number of hydrogen-bond donors (Lipinski definition) is 0. The number of aryl methyl sites for hydroxylation is 1. The summed E-state index contributed by atoms with van der Waals surface area (Å²) >= 11 is 0. The summed E-state index contributed by atoms with van der Waals surface area (Å²) in [6.07, 6.45) is 1.99. The largest absolute Gasteiger partial charge is 0.241 e. The van der Waals surface area contributed by atoms with Gasteiger partial charge in [0, 0.05) is 6.20 Å². The molecule has 0 N–H and O–H groups in total. The van der Waals surface area contributed by atoms with Crippen molar-refractivity contribution in [1.82, 2.24) is 9.78 Å². The van der Waals surface area contributed by atoms with E-state index in [1.165, 1.54) is 11.1 Å². The van der Waals surface area contributed by atoms with E-state index in [4.69, 9.17) is 0 Å². The molecule has 0 spiro atoms. The summed E-state index contributed by atoms with van der Waals surface area (Å²) in [7, 11) is 0. The van der Waals surface area contributed by atoms with E-state index >= 15 is 0 Å². The maximum absolute atomic E-state index is 4.43. The Balaban J connectivity index is 2.05. The second-order valence-corrected chi connectivity index (χ2v) is 4.32. The van der Waals surface area contributed by atoms with Gasteiger partial charge in [0.15, 0.2) is 0 Å². The van der Waals surface area contributed by atoms with Crippen LogP contribution in [0.2, 0.25) is 0 Å². The maximum Gasteiger partial charge on any atom is 0.0651 e. The second kappa shape index (κ2) is 4.49. The SMILES string of the molecule is Cc1ccn(-c2cccc(-c3ccccc3)c2)n1. The molecule has 2 heteroatoms. The third-order valence-corrected chi connectivity index (χ3v) is 2.94. The molecule has 0 amide bonds. The Hall–Kier alpha value is -2.35. The van der Waals surface area contributed by atoms with Crippen molar-refractivity contribution in [2.24, 2.45) is 0 Å². The summed E-state index contributed by atoms with van der Waals surface area (Å²) < 4.78 is 1.90. The topological polar surface area (TPSA) is 17.8 Å². The fourth-order valence-electron chi connectivity index (χ4n) is 2.02. The molecule has 2 aromatic carbocycles. The van der Waals surface area contributed by atoms with Crippen molar-refractivity contribution >= 4 is 0 Å². The number of benzene rings is 2. The third-order valence-electron chi connectivity index (χ3n) is 2.94. The molecule has 3 aromatic rings. The number of aromatic nitrogens is 2. The molecule has 0 saturated heterocycles.